The molecule has 1 saturated heterocycles. The maximum absolute atomic E-state index is 12.5. The van der Waals surface area contributed by atoms with Crippen LogP contribution in [-0.2, 0) is 14.8 Å². The summed E-state index contributed by atoms with van der Waals surface area (Å²) in [5.41, 5.74) is 0.175. The normalized spacial score (nSPS) is 16.7. The van der Waals surface area contributed by atoms with Gasteiger partial charge in [0.15, 0.2) is 0 Å². The van der Waals surface area contributed by atoms with Gasteiger partial charge in [0.1, 0.15) is 6.61 Å². The van der Waals surface area contributed by atoms with E-state index in [1.54, 1.807) is 0 Å². The lowest BCUT2D eigenvalue weighted by Crippen LogP contribution is -2.35. The van der Waals surface area contributed by atoms with Crippen molar-refractivity contribution >= 4 is 33.2 Å². The second-order valence-electron chi connectivity index (χ2n) is 4.81. The average molecular weight is 333 g/mol. The number of amides is 1. The number of sulfonamides is 1. The minimum atomic E-state index is -3.58. The standard InChI is InChI=1S/C13H17ClN2O4S/c14-11-5-4-10(8-12(11)15-13(18)9-17)21(19,20)16-6-2-1-3-7-16/h4-5,8,17H,1-3,6-7,9H2,(H,15,18). The zero-order chi connectivity index (χ0) is 15.5. The van der Waals surface area contributed by atoms with Gasteiger partial charge >= 0.3 is 0 Å². The van der Waals surface area contributed by atoms with Crippen molar-refractivity contribution in [1.82, 2.24) is 4.31 Å². The summed E-state index contributed by atoms with van der Waals surface area (Å²) in [6, 6.07) is 4.16. The largest absolute Gasteiger partial charge is 0.387 e. The van der Waals surface area contributed by atoms with E-state index in [9.17, 15) is 13.2 Å². The van der Waals surface area contributed by atoms with Crippen LogP contribution in [0.15, 0.2) is 23.1 Å². The molecule has 0 radical (unpaired) electrons. The Morgan fingerprint density at radius 3 is 2.57 bits per heavy atom. The Labute approximate surface area is 128 Å². The van der Waals surface area contributed by atoms with Crippen molar-refractivity contribution < 1.29 is 18.3 Å². The molecule has 0 aliphatic carbocycles. The topological polar surface area (TPSA) is 86.7 Å². The molecule has 8 heteroatoms. The van der Waals surface area contributed by atoms with Crippen molar-refractivity contribution in [2.45, 2.75) is 24.2 Å². The number of hydrogen-bond acceptors (Lipinski definition) is 4. The molecular weight excluding hydrogens is 316 g/mol. The van der Waals surface area contributed by atoms with Crippen molar-refractivity contribution in [1.29, 1.82) is 0 Å². The molecule has 1 aliphatic heterocycles. The number of rotatable bonds is 4. The van der Waals surface area contributed by atoms with E-state index in [4.69, 9.17) is 16.7 Å². The van der Waals surface area contributed by atoms with Crippen molar-refractivity contribution in [2.24, 2.45) is 0 Å². The van der Waals surface area contributed by atoms with Crippen molar-refractivity contribution in [2.75, 3.05) is 25.0 Å². The minimum Gasteiger partial charge on any atom is -0.387 e. The molecule has 0 unspecified atom stereocenters. The zero-order valence-corrected chi connectivity index (χ0v) is 13.0. The number of aliphatic hydroxyl groups is 1. The highest BCUT2D eigenvalue weighted by atomic mass is 35.5. The zero-order valence-electron chi connectivity index (χ0n) is 11.4. The van der Waals surface area contributed by atoms with Crippen LogP contribution in [0.1, 0.15) is 19.3 Å². The number of hydrogen-bond donors (Lipinski definition) is 2. The number of halogens is 1. The minimum absolute atomic E-state index is 0.0852. The number of nitrogens with one attached hydrogen (secondary N) is 1. The van der Waals surface area contributed by atoms with E-state index in [-0.39, 0.29) is 15.6 Å². The number of aliphatic hydroxyl groups excluding tert-OH is 1. The number of carbonyl (C=O) groups excluding carboxylic acids is 1. The van der Waals surface area contributed by atoms with Gasteiger partial charge in [0, 0.05) is 13.1 Å². The number of carbonyl (C=O) groups is 1. The summed E-state index contributed by atoms with van der Waals surface area (Å²) in [6.07, 6.45) is 2.73. The van der Waals surface area contributed by atoms with Gasteiger partial charge in [0.05, 0.1) is 15.6 Å². The number of piperidine rings is 1. The SMILES string of the molecule is O=C(CO)Nc1cc(S(=O)(=O)N2CCCCC2)ccc1Cl. The van der Waals surface area contributed by atoms with Crippen molar-refractivity contribution in [3.05, 3.63) is 23.2 Å². The van der Waals surface area contributed by atoms with Crippen LogP contribution in [0.2, 0.25) is 5.02 Å². The predicted octanol–water partition coefficient (Wildman–Crippen LogP) is 1.45. The van der Waals surface area contributed by atoms with E-state index in [1.807, 2.05) is 0 Å². The third-order valence-electron chi connectivity index (χ3n) is 3.31. The molecule has 1 fully saturated rings. The fraction of sp³-hybridized carbons (Fsp3) is 0.462. The molecule has 0 atom stereocenters. The molecule has 1 aromatic rings. The lowest BCUT2D eigenvalue weighted by Gasteiger charge is -2.26. The van der Waals surface area contributed by atoms with Crippen LogP contribution in [0.25, 0.3) is 0 Å². The van der Waals surface area contributed by atoms with Gasteiger partial charge in [-0.3, -0.25) is 4.79 Å². The quantitative estimate of drug-likeness (QED) is 0.873. The van der Waals surface area contributed by atoms with Gasteiger partial charge in [-0.2, -0.15) is 4.31 Å². The number of nitrogens with zero attached hydrogens (tertiary/aromatic N) is 1. The first-order valence-corrected chi connectivity index (χ1v) is 8.47. The average Bonchev–Trinajstić information content (AvgIpc) is 2.50. The first-order chi connectivity index (χ1) is 9.95. The Balaban J connectivity index is 2.30. The molecule has 1 amide bonds. The van der Waals surface area contributed by atoms with Gasteiger partial charge < -0.3 is 10.4 Å². The Kier molecular flexibility index (Phi) is 5.21. The second kappa shape index (κ2) is 6.74. The summed E-state index contributed by atoms with van der Waals surface area (Å²) in [6.45, 7) is 0.312. The molecular formula is C13H17ClN2O4S. The maximum atomic E-state index is 12.5. The fourth-order valence-corrected chi connectivity index (χ4v) is 3.91. The van der Waals surface area contributed by atoms with E-state index < -0.39 is 22.5 Å². The monoisotopic (exact) mass is 332 g/mol. The molecule has 116 valence electrons. The summed E-state index contributed by atoms with van der Waals surface area (Å²) in [4.78, 5) is 11.3. The first kappa shape index (κ1) is 16.2. The summed E-state index contributed by atoms with van der Waals surface area (Å²) < 4.78 is 26.5. The number of benzene rings is 1. The molecule has 0 aromatic heterocycles. The highest BCUT2D eigenvalue weighted by molar-refractivity contribution is 7.89. The van der Waals surface area contributed by atoms with Gasteiger partial charge in [-0.15, -0.1) is 0 Å². The molecule has 0 spiro atoms. The van der Waals surface area contributed by atoms with Crippen LogP contribution >= 0.6 is 11.6 Å². The van der Waals surface area contributed by atoms with Crippen LogP contribution in [0.5, 0.6) is 0 Å². The third kappa shape index (κ3) is 3.74. The summed E-state index contributed by atoms with van der Waals surface area (Å²) >= 11 is 5.93. The number of anilines is 1. The summed E-state index contributed by atoms with van der Waals surface area (Å²) in [7, 11) is -3.58. The van der Waals surface area contributed by atoms with E-state index in [0.717, 1.165) is 19.3 Å². The molecule has 2 rings (SSSR count). The van der Waals surface area contributed by atoms with Crippen LogP contribution < -0.4 is 5.32 Å². The summed E-state index contributed by atoms with van der Waals surface area (Å²) in [5.74, 6) is -0.649. The van der Waals surface area contributed by atoms with E-state index in [1.165, 1.54) is 22.5 Å². The second-order valence-corrected chi connectivity index (χ2v) is 7.16. The third-order valence-corrected chi connectivity index (χ3v) is 5.53. The molecule has 21 heavy (non-hydrogen) atoms. The molecule has 0 bridgehead atoms. The van der Waals surface area contributed by atoms with Gasteiger partial charge in [0.25, 0.3) is 0 Å². The van der Waals surface area contributed by atoms with Crippen molar-refractivity contribution in [3.8, 4) is 0 Å². The van der Waals surface area contributed by atoms with Crippen LogP contribution in [0.4, 0.5) is 5.69 Å². The molecule has 2 N–H and O–H groups in total. The first-order valence-electron chi connectivity index (χ1n) is 6.65. The van der Waals surface area contributed by atoms with Crippen LogP contribution in [-0.4, -0.2) is 43.4 Å². The molecule has 6 nitrogen and oxygen atoms in total. The summed E-state index contributed by atoms with van der Waals surface area (Å²) in [5, 5.41) is 11.3. The fourth-order valence-electron chi connectivity index (χ4n) is 2.20. The van der Waals surface area contributed by atoms with Gasteiger partial charge in [0.2, 0.25) is 15.9 Å². The highest BCUT2D eigenvalue weighted by Gasteiger charge is 2.26. The van der Waals surface area contributed by atoms with Gasteiger partial charge in [-0.25, -0.2) is 8.42 Å². The van der Waals surface area contributed by atoms with E-state index >= 15 is 0 Å². The predicted molar refractivity (Wildman–Crippen MR) is 79.8 cm³/mol. The molecule has 1 aliphatic rings. The van der Waals surface area contributed by atoms with E-state index in [2.05, 4.69) is 5.32 Å². The Bertz CT molecular complexity index is 627. The van der Waals surface area contributed by atoms with Gasteiger partial charge in [-0.1, -0.05) is 18.0 Å². The maximum Gasteiger partial charge on any atom is 0.250 e. The van der Waals surface area contributed by atoms with Crippen molar-refractivity contribution in [3.63, 3.8) is 0 Å². The lowest BCUT2D eigenvalue weighted by molar-refractivity contribution is -0.118. The Morgan fingerprint density at radius 1 is 1.29 bits per heavy atom. The van der Waals surface area contributed by atoms with E-state index in [0.29, 0.717) is 13.1 Å². The molecule has 1 aromatic carbocycles. The Hall–Kier alpha value is -1.15. The molecule has 1 heterocycles. The smallest absolute Gasteiger partial charge is 0.250 e. The van der Waals surface area contributed by atoms with Gasteiger partial charge in [-0.05, 0) is 31.0 Å². The van der Waals surface area contributed by atoms with Crippen LogP contribution in [0.3, 0.4) is 0 Å². The molecule has 0 saturated carbocycles. The highest BCUT2D eigenvalue weighted by Crippen LogP contribution is 2.28. The van der Waals surface area contributed by atoms with Crippen LogP contribution in [0, 0.1) is 0 Å². The lowest BCUT2D eigenvalue weighted by atomic mass is 10.2. The Morgan fingerprint density at radius 2 is 1.95 bits per heavy atom.